The average molecular weight is 474 g/mol. The number of ether oxygens (including phenoxy) is 2. The van der Waals surface area contributed by atoms with Gasteiger partial charge < -0.3 is 23.6 Å². The summed E-state index contributed by atoms with van der Waals surface area (Å²) in [5.41, 5.74) is 3.21. The van der Waals surface area contributed by atoms with Crippen LogP contribution in [0.1, 0.15) is 52.4 Å². The van der Waals surface area contributed by atoms with Gasteiger partial charge in [0.1, 0.15) is 22.8 Å². The highest BCUT2D eigenvalue weighted by Gasteiger charge is 2.35. The predicted octanol–water partition coefficient (Wildman–Crippen LogP) is 2.77. The molecule has 0 radical (unpaired) electrons. The molecule has 0 amide bonds. The predicted molar refractivity (Wildman–Crippen MR) is 118 cm³/mol. The van der Waals surface area contributed by atoms with Crippen molar-refractivity contribution in [2.24, 2.45) is 0 Å². The van der Waals surface area contributed by atoms with Gasteiger partial charge in [-0.3, -0.25) is 0 Å². The maximum atomic E-state index is 13.1. The Morgan fingerprint density at radius 1 is 1.15 bits per heavy atom. The minimum absolute atomic E-state index is 0.0158. The van der Waals surface area contributed by atoms with E-state index >= 15 is 0 Å². The number of aryl methyl sites for hydroxylation is 1. The van der Waals surface area contributed by atoms with Crippen LogP contribution in [0.15, 0.2) is 40.8 Å². The summed E-state index contributed by atoms with van der Waals surface area (Å²) in [6, 6.07) is 6.15. The van der Waals surface area contributed by atoms with Crippen LogP contribution in [0.25, 0.3) is 0 Å². The molecule has 0 fully saturated rings. The third-order valence-corrected chi connectivity index (χ3v) is 6.74. The Bertz CT molecular complexity index is 1220. The Morgan fingerprint density at radius 2 is 1.82 bits per heavy atom. The van der Waals surface area contributed by atoms with E-state index in [-0.39, 0.29) is 42.1 Å². The van der Waals surface area contributed by atoms with E-state index in [1.54, 1.807) is 32.1 Å². The molecule has 0 saturated heterocycles. The fourth-order valence-electron chi connectivity index (χ4n) is 3.64. The van der Waals surface area contributed by atoms with Crippen molar-refractivity contribution < 1.29 is 36.8 Å². The second kappa shape index (κ2) is 9.66. The number of carboxylic acid groups (broad SMARTS) is 1. The number of carboxylic acids is 1. The first kappa shape index (κ1) is 24.3. The summed E-state index contributed by atoms with van der Waals surface area (Å²) < 4.78 is 42.4. The number of hydrogen-bond donors (Lipinski definition) is 0. The van der Waals surface area contributed by atoms with Gasteiger partial charge in [-0.15, -0.1) is 0 Å². The standard InChI is InChI=1S/C24H26O8S/c1-14-5-9-17(10-6-14)33(28,29)32-23-18(11-7-15(2)8-12-20(25)26)22(30-4)16(3)19-13-31-24(27)21(19)23/h5-7,9-10H,8,11-13H2,1-4H3,(H,25,26)/p-1/b15-7+. The summed E-state index contributed by atoms with van der Waals surface area (Å²) in [5, 5.41) is 10.8. The first-order valence-corrected chi connectivity index (χ1v) is 11.7. The summed E-state index contributed by atoms with van der Waals surface area (Å²) in [5.74, 6) is -1.60. The summed E-state index contributed by atoms with van der Waals surface area (Å²) in [4.78, 5) is 23.2. The number of cyclic esters (lactones) is 1. The van der Waals surface area contributed by atoms with Crippen LogP contribution in [-0.2, 0) is 32.7 Å². The minimum Gasteiger partial charge on any atom is -0.550 e. The molecule has 1 aliphatic rings. The molecule has 0 atom stereocenters. The Balaban J connectivity index is 2.13. The molecule has 0 aliphatic carbocycles. The number of fused-ring (bicyclic) bond motifs is 1. The van der Waals surface area contributed by atoms with E-state index in [9.17, 15) is 23.1 Å². The van der Waals surface area contributed by atoms with Crippen molar-refractivity contribution in [3.05, 3.63) is 63.7 Å². The molecule has 0 spiro atoms. The molecule has 1 aliphatic heterocycles. The molecule has 33 heavy (non-hydrogen) atoms. The molecule has 0 unspecified atom stereocenters. The van der Waals surface area contributed by atoms with Crippen LogP contribution >= 0.6 is 0 Å². The first-order valence-electron chi connectivity index (χ1n) is 10.3. The molecule has 2 aromatic carbocycles. The summed E-state index contributed by atoms with van der Waals surface area (Å²) in [6.07, 6.45) is 2.04. The Morgan fingerprint density at radius 3 is 2.42 bits per heavy atom. The number of carbonyl (C=O) groups is 2. The van der Waals surface area contributed by atoms with Crippen LogP contribution in [0.2, 0.25) is 0 Å². The lowest BCUT2D eigenvalue weighted by Crippen LogP contribution is -2.21. The number of benzene rings is 2. The average Bonchev–Trinajstić information content (AvgIpc) is 3.15. The highest BCUT2D eigenvalue weighted by atomic mass is 32.2. The molecule has 1 heterocycles. The second-order valence-corrected chi connectivity index (χ2v) is 9.42. The van der Waals surface area contributed by atoms with Gasteiger partial charge in [0.15, 0.2) is 5.75 Å². The van der Waals surface area contributed by atoms with Crippen molar-refractivity contribution in [2.45, 2.75) is 51.5 Å². The number of carbonyl (C=O) groups excluding carboxylic acids is 2. The molecular formula is C24H25O8S-. The summed E-state index contributed by atoms with van der Waals surface area (Å²) >= 11 is 0. The van der Waals surface area contributed by atoms with E-state index in [1.165, 1.54) is 19.2 Å². The molecule has 9 heteroatoms. The third-order valence-electron chi connectivity index (χ3n) is 5.51. The molecule has 0 saturated carbocycles. The highest BCUT2D eigenvalue weighted by Crippen LogP contribution is 2.43. The SMILES string of the molecule is COc1c(C)c2c(c(OS(=O)(=O)c3ccc(C)cc3)c1C/C=C(\C)CCC(=O)[O-])C(=O)OC2. The molecule has 0 aromatic heterocycles. The number of methoxy groups -OCH3 is 1. The minimum atomic E-state index is -4.27. The number of rotatable bonds is 9. The zero-order chi connectivity index (χ0) is 24.3. The van der Waals surface area contributed by atoms with Gasteiger partial charge in [-0.25, -0.2) is 4.79 Å². The Kier molecular flexibility index (Phi) is 7.12. The van der Waals surface area contributed by atoms with E-state index in [2.05, 4.69) is 0 Å². The zero-order valence-electron chi connectivity index (χ0n) is 18.9. The van der Waals surface area contributed by atoms with Crippen LogP contribution in [0.5, 0.6) is 11.5 Å². The molecular weight excluding hydrogens is 448 g/mol. The smallest absolute Gasteiger partial charge is 0.342 e. The zero-order valence-corrected chi connectivity index (χ0v) is 19.7. The van der Waals surface area contributed by atoms with E-state index < -0.39 is 22.1 Å². The fraction of sp³-hybridized carbons (Fsp3) is 0.333. The topological polar surface area (TPSA) is 119 Å². The van der Waals surface area contributed by atoms with Crippen LogP contribution in [-0.4, -0.2) is 27.5 Å². The van der Waals surface area contributed by atoms with E-state index in [1.807, 2.05) is 6.92 Å². The first-order chi connectivity index (χ1) is 15.5. The Hall–Kier alpha value is -3.33. The molecule has 8 nitrogen and oxygen atoms in total. The van der Waals surface area contributed by atoms with Gasteiger partial charge in [-0.05, 0) is 57.7 Å². The molecule has 3 rings (SSSR count). The summed E-state index contributed by atoms with van der Waals surface area (Å²) in [7, 11) is -2.82. The van der Waals surface area contributed by atoms with Crippen LogP contribution in [0.4, 0.5) is 0 Å². The van der Waals surface area contributed by atoms with Gasteiger partial charge >= 0.3 is 16.1 Å². The lowest BCUT2D eigenvalue weighted by Gasteiger charge is -2.19. The van der Waals surface area contributed by atoms with E-state index in [4.69, 9.17) is 13.7 Å². The number of hydrogen-bond acceptors (Lipinski definition) is 8. The van der Waals surface area contributed by atoms with Gasteiger partial charge in [-0.2, -0.15) is 8.42 Å². The van der Waals surface area contributed by atoms with Crippen LogP contribution in [0.3, 0.4) is 0 Å². The number of allylic oxidation sites excluding steroid dienone is 2. The van der Waals surface area contributed by atoms with Gasteiger partial charge in [0.2, 0.25) is 0 Å². The largest absolute Gasteiger partial charge is 0.550 e. The monoisotopic (exact) mass is 473 g/mol. The molecule has 0 N–H and O–H groups in total. The van der Waals surface area contributed by atoms with Crippen molar-refractivity contribution in [3.63, 3.8) is 0 Å². The van der Waals surface area contributed by atoms with Crippen molar-refractivity contribution in [1.29, 1.82) is 0 Å². The van der Waals surface area contributed by atoms with E-state index in [0.717, 1.165) is 11.1 Å². The van der Waals surface area contributed by atoms with Gasteiger partial charge in [0.05, 0.1) is 7.11 Å². The maximum Gasteiger partial charge on any atom is 0.342 e. The van der Waals surface area contributed by atoms with Gasteiger partial charge in [-0.1, -0.05) is 29.3 Å². The number of esters is 1. The van der Waals surface area contributed by atoms with Crippen molar-refractivity contribution >= 4 is 22.1 Å². The summed E-state index contributed by atoms with van der Waals surface area (Å²) in [6.45, 7) is 5.33. The van der Waals surface area contributed by atoms with Crippen LogP contribution < -0.4 is 14.0 Å². The maximum absolute atomic E-state index is 13.1. The quantitative estimate of drug-likeness (QED) is 0.310. The van der Waals surface area contributed by atoms with E-state index in [0.29, 0.717) is 22.4 Å². The number of aliphatic carboxylic acids is 1. The second-order valence-electron chi connectivity index (χ2n) is 7.87. The van der Waals surface area contributed by atoms with Crippen LogP contribution in [0, 0.1) is 13.8 Å². The van der Waals surface area contributed by atoms with Gasteiger partial charge in [0, 0.05) is 17.1 Å². The molecule has 2 aromatic rings. The lowest BCUT2D eigenvalue weighted by molar-refractivity contribution is -0.305. The molecule has 176 valence electrons. The lowest BCUT2D eigenvalue weighted by atomic mass is 9.94. The van der Waals surface area contributed by atoms with Crippen molar-refractivity contribution in [3.8, 4) is 11.5 Å². The fourth-order valence-corrected chi connectivity index (χ4v) is 4.61. The molecule has 0 bridgehead atoms. The highest BCUT2D eigenvalue weighted by molar-refractivity contribution is 7.87. The van der Waals surface area contributed by atoms with Crippen molar-refractivity contribution in [1.82, 2.24) is 0 Å². The Labute approximate surface area is 192 Å². The third kappa shape index (κ3) is 5.19. The van der Waals surface area contributed by atoms with Crippen molar-refractivity contribution in [2.75, 3.05) is 7.11 Å². The normalized spacial score (nSPS) is 13.5. The van der Waals surface area contributed by atoms with Gasteiger partial charge in [0.25, 0.3) is 0 Å².